The van der Waals surface area contributed by atoms with Gasteiger partial charge in [0.05, 0.1) is 16.9 Å². The number of halogens is 3. The molecule has 262 valence electrons. The van der Waals surface area contributed by atoms with Crippen molar-refractivity contribution in [2.24, 2.45) is 0 Å². The van der Waals surface area contributed by atoms with Gasteiger partial charge in [0.25, 0.3) is 11.8 Å². The highest BCUT2D eigenvalue weighted by Gasteiger charge is 2.30. The van der Waals surface area contributed by atoms with Crippen LogP contribution in [0.4, 0.5) is 24.5 Å². The third-order valence-electron chi connectivity index (χ3n) is 9.39. The number of likely N-dealkylation sites (N-methyl/N-ethyl adjacent to an activating group) is 1. The zero-order valence-corrected chi connectivity index (χ0v) is 28.3. The van der Waals surface area contributed by atoms with Crippen LogP contribution in [0.2, 0.25) is 0 Å². The second-order valence-electron chi connectivity index (χ2n) is 13.2. The molecule has 0 radical (unpaired) electrons. The van der Waals surface area contributed by atoms with Gasteiger partial charge in [-0.15, -0.1) is 0 Å². The van der Waals surface area contributed by atoms with Crippen LogP contribution >= 0.6 is 0 Å². The summed E-state index contributed by atoms with van der Waals surface area (Å²) in [5.74, 6) is -0.693. The average molecular weight is 685 g/mol. The Morgan fingerprint density at radius 2 is 1.54 bits per heavy atom. The van der Waals surface area contributed by atoms with Crippen molar-refractivity contribution in [1.82, 2.24) is 20.1 Å². The highest BCUT2D eigenvalue weighted by atomic mass is 19.4. The lowest BCUT2D eigenvalue weighted by Gasteiger charge is -2.29. The molecule has 0 atom stereocenters. The zero-order valence-electron chi connectivity index (χ0n) is 28.3. The number of nitrogens with zero attached hydrogens (tertiary/aromatic N) is 4. The molecule has 2 fully saturated rings. The first-order valence-electron chi connectivity index (χ1n) is 17.2. The topological polar surface area (TPSA) is 80.8 Å². The molecular formula is C39H43F3N6O2. The minimum absolute atomic E-state index is 0.0694. The van der Waals surface area contributed by atoms with Gasteiger partial charge in [0.1, 0.15) is 0 Å². The van der Waals surface area contributed by atoms with Crippen LogP contribution in [-0.2, 0) is 19.3 Å². The quantitative estimate of drug-likeness (QED) is 0.196. The van der Waals surface area contributed by atoms with Crippen molar-refractivity contribution in [2.75, 3.05) is 56.5 Å². The van der Waals surface area contributed by atoms with E-state index >= 15 is 0 Å². The van der Waals surface area contributed by atoms with Gasteiger partial charge in [0.2, 0.25) is 0 Å². The number of carbonyl (C=O) groups is 2. The Morgan fingerprint density at radius 1 is 0.760 bits per heavy atom. The molecule has 11 heteroatoms. The van der Waals surface area contributed by atoms with E-state index in [1.54, 1.807) is 12.1 Å². The fraction of sp³-hybridized carbons (Fsp3) is 0.359. The van der Waals surface area contributed by atoms with Gasteiger partial charge in [-0.25, -0.2) is 0 Å². The second kappa shape index (κ2) is 15.9. The Hall–Kier alpha value is -4.74. The molecule has 0 aliphatic carbocycles. The maximum atomic E-state index is 13.7. The largest absolute Gasteiger partial charge is 0.416 e. The summed E-state index contributed by atoms with van der Waals surface area (Å²) in [7, 11) is 2.15. The van der Waals surface area contributed by atoms with E-state index in [1.165, 1.54) is 24.8 Å². The van der Waals surface area contributed by atoms with Crippen LogP contribution in [0.15, 0.2) is 85.1 Å². The maximum absolute atomic E-state index is 13.7. The summed E-state index contributed by atoms with van der Waals surface area (Å²) in [5, 5.41) is 5.83. The standard InChI is InChI=1S/C39H43F3N6O2/c1-46-16-7-17-47(21-20-46)27-29-9-5-10-30(22-29)38(50)45-35-13-12-33(48-18-3-2-4-19-48)25-34(35)36-24-31(14-15-43-36)37(49)44-26-28-8-6-11-32(23-28)39(40,41)42/h5-6,8-15,22-25H,2-4,7,16-21,26-27H2,1H3,(H,44,49)(H,45,50). The van der Waals surface area contributed by atoms with E-state index in [4.69, 9.17) is 0 Å². The molecule has 2 amide bonds. The van der Waals surface area contributed by atoms with Crippen molar-refractivity contribution >= 4 is 23.2 Å². The van der Waals surface area contributed by atoms with Gasteiger partial charge < -0.3 is 20.4 Å². The molecule has 8 nitrogen and oxygen atoms in total. The van der Waals surface area contributed by atoms with Gasteiger partial charge >= 0.3 is 6.18 Å². The van der Waals surface area contributed by atoms with Crippen molar-refractivity contribution in [1.29, 1.82) is 0 Å². The smallest absolute Gasteiger partial charge is 0.372 e. The number of carbonyl (C=O) groups excluding carboxylic acids is 2. The molecule has 50 heavy (non-hydrogen) atoms. The molecular weight excluding hydrogens is 641 g/mol. The van der Waals surface area contributed by atoms with E-state index in [0.717, 1.165) is 88.5 Å². The Kier molecular flexibility index (Phi) is 11.1. The molecule has 1 aromatic heterocycles. The number of piperidine rings is 1. The SMILES string of the molecule is CN1CCCN(Cc2cccc(C(=O)Nc3ccc(N4CCCCC4)cc3-c3cc(C(=O)NCc4cccc(C(F)(F)F)c4)ccn3)c2)CC1. The molecule has 2 N–H and O–H groups in total. The number of pyridine rings is 1. The summed E-state index contributed by atoms with van der Waals surface area (Å²) < 4.78 is 39.6. The van der Waals surface area contributed by atoms with Crippen LogP contribution in [0.25, 0.3) is 11.3 Å². The number of nitrogens with one attached hydrogen (secondary N) is 2. The van der Waals surface area contributed by atoms with Crippen LogP contribution < -0.4 is 15.5 Å². The van der Waals surface area contributed by atoms with E-state index in [1.807, 2.05) is 36.4 Å². The van der Waals surface area contributed by atoms with Crippen molar-refractivity contribution in [3.63, 3.8) is 0 Å². The molecule has 0 saturated carbocycles. The van der Waals surface area contributed by atoms with Crippen LogP contribution in [0.5, 0.6) is 0 Å². The number of aromatic nitrogens is 1. The lowest BCUT2D eigenvalue weighted by molar-refractivity contribution is -0.137. The molecule has 6 rings (SSSR count). The lowest BCUT2D eigenvalue weighted by atomic mass is 10.0. The predicted molar refractivity (Wildman–Crippen MR) is 190 cm³/mol. The molecule has 0 unspecified atom stereocenters. The Bertz CT molecular complexity index is 1810. The zero-order chi connectivity index (χ0) is 35.1. The Labute approximate surface area is 291 Å². The number of rotatable bonds is 9. The Morgan fingerprint density at radius 3 is 2.36 bits per heavy atom. The van der Waals surface area contributed by atoms with Gasteiger partial charge in [-0.05, 0) is 112 Å². The summed E-state index contributed by atoms with van der Waals surface area (Å²) >= 11 is 0. The monoisotopic (exact) mass is 684 g/mol. The number of hydrogen-bond donors (Lipinski definition) is 2. The third kappa shape index (κ3) is 9.08. The number of hydrogen-bond acceptors (Lipinski definition) is 6. The van der Waals surface area contributed by atoms with Crippen LogP contribution in [-0.4, -0.2) is 72.9 Å². The minimum atomic E-state index is -4.47. The van der Waals surface area contributed by atoms with E-state index in [0.29, 0.717) is 33.6 Å². The van der Waals surface area contributed by atoms with Crippen LogP contribution in [0, 0.1) is 0 Å². The van der Waals surface area contributed by atoms with E-state index in [-0.39, 0.29) is 12.5 Å². The number of amides is 2. The van der Waals surface area contributed by atoms with Gasteiger partial charge in [0, 0.05) is 67.8 Å². The summed E-state index contributed by atoms with van der Waals surface area (Å²) in [6.45, 7) is 6.66. The molecule has 3 heterocycles. The third-order valence-corrected chi connectivity index (χ3v) is 9.39. The van der Waals surface area contributed by atoms with Crippen molar-refractivity contribution < 1.29 is 22.8 Å². The predicted octanol–water partition coefficient (Wildman–Crippen LogP) is 7.08. The van der Waals surface area contributed by atoms with E-state index in [2.05, 4.69) is 43.4 Å². The summed E-state index contributed by atoms with van der Waals surface area (Å²) in [4.78, 5) is 38.6. The van der Waals surface area contributed by atoms with Gasteiger partial charge in [0.15, 0.2) is 0 Å². The van der Waals surface area contributed by atoms with Gasteiger partial charge in [-0.1, -0.05) is 24.3 Å². The average Bonchev–Trinajstić information content (AvgIpc) is 3.34. The lowest BCUT2D eigenvalue weighted by Crippen LogP contribution is -2.29. The number of anilines is 2. The number of alkyl halides is 3. The van der Waals surface area contributed by atoms with E-state index < -0.39 is 17.6 Å². The highest BCUT2D eigenvalue weighted by molar-refractivity contribution is 6.06. The summed E-state index contributed by atoms with van der Waals surface area (Å²) in [6, 6.07) is 21.7. The van der Waals surface area contributed by atoms with Crippen molar-refractivity contribution in [3.05, 3.63) is 113 Å². The first-order chi connectivity index (χ1) is 24.1. The number of benzene rings is 3. The first kappa shape index (κ1) is 35.1. The van der Waals surface area contributed by atoms with Crippen LogP contribution in [0.1, 0.15) is 63.1 Å². The molecule has 2 aliphatic rings. The highest BCUT2D eigenvalue weighted by Crippen LogP contribution is 2.33. The molecule has 0 bridgehead atoms. The molecule has 0 spiro atoms. The minimum Gasteiger partial charge on any atom is -0.372 e. The van der Waals surface area contributed by atoms with Crippen molar-refractivity contribution in [3.8, 4) is 11.3 Å². The van der Waals surface area contributed by atoms with Gasteiger partial charge in [-0.3, -0.25) is 19.5 Å². The summed E-state index contributed by atoms with van der Waals surface area (Å²) in [6.07, 6.45) is 1.54. The second-order valence-corrected chi connectivity index (χ2v) is 13.2. The van der Waals surface area contributed by atoms with E-state index in [9.17, 15) is 22.8 Å². The molecule has 4 aromatic rings. The Balaban J connectivity index is 1.22. The van der Waals surface area contributed by atoms with Gasteiger partial charge in [-0.2, -0.15) is 13.2 Å². The first-order valence-corrected chi connectivity index (χ1v) is 17.2. The van der Waals surface area contributed by atoms with Crippen molar-refractivity contribution in [2.45, 2.75) is 44.9 Å². The normalized spacial score (nSPS) is 16.1. The molecule has 3 aromatic carbocycles. The fourth-order valence-electron chi connectivity index (χ4n) is 6.58. The summed E-state index contributed by atoms with van der Waals surface area (Å²) in [5.41, 5.74) is 4.22. The fourth-order valence-corrected chi connectivity index (χ4v) is 6.58. The van der Waals surface area contributed by atoms with Crippen LogP contribution in [0.3, 0.4) is 0 Å². The molecule has 2 saturated heterocycles. The maximum Gasteiger partial charge on any atom is 0.416 e. The molecule has 2 aliphatic heterocycles.